The summed E-state index contributed by atoms with van der Waals surface area (Å²) in [7, 11) is 0. The summed E-state index contributed by atoms with van der Waals surface area (Å²) in [5.74, 6) is -0.535. The van der Waals surface area contributed by atoms with E-state index >= 15 is 0 Å². The highest BCUT2D eigenvalue weighted by Gasteiger charge is 2.21. The van der Waals surface area contributed by atoms with E-state index in [1.807, 2.05) is 19.9 Å². The van der Waals surface area contributed by atoms with Gasteiger partial charge in [0.05, 0.1) is 0 Å². The van der Waals surface area contributed by atoms with E-state index < -0.39 is 6.04 Å². The van der Waals surface area contributed by atoms with Gasteiger partial charge < -0.3 is 10.6 Å². The van der Waals surface area contributed by atoms with Gasteiger partial charge in [0, 0.05) is 24.4 Å². The summed E-state index contributed by atoms with van der Waals surface area (Å²) in [6.45, 7) is 5.37. The molecule has 2 amide bonds. The molecule has 7 heteroatoms. The lowest BCUT2D eigenvalue weighted by Gasteiger charge is -2.18. The number of carbonyl (C=O) groups excluding carboxylic acids is 2. The summed E-state index contributed by atoms with van der Waals surface area (Å²) in [4.78, 5) is 28.8. The number of nitrogens with zero attached hydrogens (tertiary/aromatic N) is 1. The normalized spacial score (nSPS) is 12.0. The van der Waals surface area contributed by atoms with Gasteiger partial charge in [0.15, 0.2) is 5.13 Å². The van der Waals surface area contributed by atoms with E-state index in [0.717, 1.165) is 10.4 Å². The number of nitrogens with one attached hydrogen (secondary N) is 2. The van der Waals surface area contributed by atoms with E-state index in [9.17, 15) is 14.0 Å². The second-order valence-corrected chi connectivity index (χ2v) is 7.43. The van der Waals surface area contributed by atoms with Gasteiger partial charge in [-0.25, -0.2) is 9.37 Å². The molecule has 25 heavy (non-hydrogen) atoms. The highest BCUT2D eigenvalue weighted by Crippen LogP contribution is 2.22. The molecule has 0 aliphatic carbocycles. The number of thiazole rings is 1. The quantitative estimate of drug-likeness (QED) is 0.792. The third-order valence-electron chi connectivity index (χ3n) is 3.45. The van der Waals surface area contributed by atoms with Gasteiger partial charge in [0.25, 0.3) is 0 Å². The maximum atomic E-state index is 13.2. The van der Waals surface area contributed by atoms with Crippen LogP contribution < -0.4 is 10.6 Å². The lowest BCUT2D eigenvalue weighted by atomic mass is 10.0. The largest absolute Gasteiger partial charge is 0.345 e. The van der Waals surface area contributed by atoms with Gasteiger partial charge in [0.2, 0.25) is 11.8 Å². The lowest BCUT2D eigenvalue weighted by molar-refractivity contribution is -0.125. The second kappa shape index (κ2) is 8.71. The van der Waals surface area contributed by atoms with Crippen molar-refractivity contribution in [2.45, 2.75) is 39.7 Å². The summed E-state index contributed by atoms with van der Waals surface area (Å²) in [6.07, 6.45) is 2.76. The van der Waals surface area contributed by atoms with Crippen LogP contribution >= 0.6 is 11.3 Å². The Morgan fingerprint density at radius 2 is 2.08 bits per heavy atom. The van der Waals surface area contributed by atoms with Gasteiger partial charge in [-0.15, -0.1) is 11.3 Å². The Balaban J connectivity index is 2.01. The van der Waals surface area contributed by atoms with Gasteiger partial charge in [-0.2, -0.15) is 0 Å². The molecule has 0 saturated heterocycles. The summed E-state index contributed by atoms with van der Waals surface area (Å²) < 4.78 is 13.2. The number of halogens is 1. The van der Waals surface area contributed by atoms with Gasteiger partial charge >= 0.3 is 0 Å². The molecule has 0 saturated carbocycles. The maximum Gasteiger partial charge on any atom is 0.248 e. The molecule has 0 fully saturated rings. The molecule has 0 aliphatic rings. The fourth-order valence-corrected chi connectivity index (χ4v) is 3.29. The predicted molar refractivity (Wildman–Crippen MR) is 97.0 cm³/mol. The molecule has 1 heterocycles. The number of anilines is 1. The Morgan fingerprint density at radius 1 is 1.32 bits per heavy atom. The van der Waals surface area contributed by atoms with Crippen LogP contribution in [0.1, 0.15) is 37.6 Å². The summed E-state index contributed by atoms with van der Waals surface area (Å²) >= 11 is 1.34. The molecule has 2 N–H and O–H groups in total. The van der Waals surface area contributed by atoms with Crippen molar-refractivity contribution in [3.63, 3.8) is 0 Å². The van der Waals surface area contributed by atoms with Crippen molar-refractivity contribution >= 4 is 28.3 Å². The number of benzene rings is 1. The van der Waals surface area contributed by atoms with Crippen LogP contribution in [0.15, 0.2) is 30.5 Å². The van der Waals surface area contributed by atoms with Crippen LogP contribution in [0.25, 0.3) is 0 Å². The third-order valence-corrected chi connectivity index (χ3v) is 4.36. The number of amides is 2. The van der Waals surface area contributed by atoms with E-state index in [2.05, 4.69) is 15.6 Å². The smallest absolute Gasteiger partial charge is 0.248 e. The molecule has 5 nitrogen and oxygen atoms in total. The standard InChI is InChI=1S/C18H22FN3O2S/c1-11(2)7-16(21-12(3)23)17(24)22-18-20-10-15(25-18)9-13-5-4-6-14(19)8-13/h4-6,8,10-11,16H,7,9H2,1-3H3,(H,21,23)(H,20,22,24)/t16-/m1/s1. The Morgan fingerprint density at radius 3 is 2.72 bits per heavy atom. The van der Waals surface area contributed by atoms with E-state index in [1.54, 1.807) is 12.3 Å². The van der Waals surface area contributed by atoms with Crippen LogP contribution in [0.5, 0.6) is 0 Å². The second-order valence-electron chi connectivity index (χ2n) is 6.31. The first-order valence-corrected chi connectivity index (χ1v) is 8.92. The average Bonchev–Trinajstić information content (AvgIpc) is 2.92. The SMILES string of the molecule is CC(=O)N[C@H](CC(C)C)C(=O)Nc1ncc(Cc2cccc(F)c2)s1. The number of hydrogen-bond donors (Lipinski definition) is 2. The fraction of sp³-hybridized carbons (Fsp3) is 0.389. The minimum absolute atomic E-state index is 0.244. The number of aromatic nitrogens is 1. The molecule has 0 radical (unpaired) electrons. The van der Waals surface area contributed by atoms with Crippen molar-refractivity contribution < 1.29 is 14.0 Å². The molecule has 0 unspecified atom stereocenters. The maximum absolute atomic E-state index is 13.2. The van der Waals surface area contributed by atoms with Crippen molar-refractivity contribution in [3.05, 3.63) is 46.7 Å². The molecule has 134 valence electrons. The molecular weight excluding hydrogens is 341 g/mol. The van der Waals surface area contributed by atoms with Crippen LogP contribution in [0, 0.1) is 11.7 Å². The van der Waals surface area contributed by atoms with Gasteiger partial charge in [-0.05, 0) is 30.0 Å². The molecular formula is C18H22FN3O2S. The average molecular weight is 363 g/mol. The Hall–Kier alpha value is -2.28. The molecule has 0 aliphatic heterocycles. The molecule has 1 aromatic heterocycles. The monoisotopic (exact) mass is 363 g/mol. The van der Waals surface area contributed by atoms with Crippen molar-refractivity contribution in [1.29, 1.82) is 0 Å². The minimum Gasteiger partial charge on any atom is -0.345 e. The van der Waals surface area contributed by atoms with Crippen molar-refractivity contribution in [3.8, 4) is 0 Å². The van der Waals surface area contributed by atoms with E-state index in [0.29, 0.717) is 18.0 Å². The highest BCUT2D eigenvalue weighted by atomic mass is 32.1. The van der Waals surface area contributed by atoms with Crippen molar-refractivity contribution in [1.82, 2.24) is 10.3 Å². The van der Waals surface area contributed by atoms with Crippen LogP contribution in [-0.2, 0) is 16.0 Å². The fourth-order valence-electron chi connectivity index (χ4n) is 2.44. The summed E-state index contributed by atoms with van der Waals surface area (Å²) in [6, 6.07) is 5.80. The van der Waals surface area contributed by atoms with E-state index in [1.165, 1.54) is 30.4 Å². The Kier molecular flexibility index (Phi) is 6.64. The Bertz CT molecular complexity index is 745. The van der Waals surface area contributed by atoms with Gasteiger partial charge in [-0.3, -0.25) is 9.59 Å². The van der Waals surface area contributed by atoms with E-state index in [4.69, 9.17) is 0 Å². The molecule has 1 atom stereocenters. The minimum atomic E-state index is -0.590. The molecule has 0 bridgehead atoms. The van der Waals surface area contributed by atoms with Crippen LogP contribution in [-0.4, -0.2) is 22.8 Å². The topological polar surface area (TPSA) is 71.1 Å². The first-order chi connectivity index (χ1) is 11.8. The Labute approximate surface area is 150 Å². The first-order valence-electron chi connectivity index (χ1n) is 8.10. The number of rotatable bonds is 7. The van der Waals surface area contributed by atoms with Gasteiger partial charge in [0.1, 0.15) is 11.9 Å². The van der Waals surface area contributed by atoms with Crippen LogP contribution in [0.3, 0.4) is 0 Å². The number of carbonyl (C=O) groups is 2. The zero-order chi connectivity index (χ0) is 18.4. The zero-order valence-electron chi connectivity index (χ0n) is 14.5. The molecule has 0 spiro atoms. The summed E-state index contributed by atoms with van der Waals surface area (Å²) in [5.41, 5.74) is 0.845. The van der Waals surface area contributed by atoms with E-state index in [-0.39, 0.29) is 23.5 Å². The van der Waals surface area contributed by atoms with Gasteiger partial charge in [-0.1, -0.05) is 26.0 Å². The lowest BCUT2D eigenvalue weighted by Crippen LogP contribution is -2.43. The van der Waals surface area contributed by atoms with Crippen LogP contribution in [0.2, 0.25) is 0 Å². The molecule has 2 rings (SSSR count). The highest BCUT2D eigenvalue weighted by molar-refractivity contribution is 7.15. The summed E-state index contributed by atoms with van der Waals surface area (Å²) in [5, 5.41) is 5.89. The molecule has 2 aromatic rings. The number of hydrogen-bond acceptors (Lipinski definition) is 4. The molecule has 1 aromatic carbocycles. The predicted octanol–water partition coefficient (Wildman–Crippen LogP) is 3.36. The van der Waals surface area contributed by atoms with Crippen molar-refractivity contribution in [2.24, 2.45) is 5.92 Å². The first kappa shape index (κ1) is 19.1. The van der Waals surface area contributed by atoms with Crippen molar-refractivity contribution in [2.75, 3.05) is 5.32 Å². The zero-order valence-corrected chi connectivity index (χ0v) is 15.3. The third kappa shape index (κ3) is 6.26. The van der Waals surface area contributed by atoms with Crippen LogP contribution in [0.4, 0.5) is 9.52 Å².